The van der Waals surface area contributed by atoms with Gasteiger partial charge in [-0.05, 0) is 47.0 Å². The Bertz CT molecular complexity index is 1340. The first-order valence-corrected chi connectivity index (χ1v) is 10.9. The van der Waals surface area contributed by atoms with E-state index in [1.54, 1.807) is 18.2 Å². The summed E-state index contributed by atoms with van der Waals surface area (Å²) in [7, 11) is 0. The zero-order chi connectivity index (χ0) is 23.4. The average Bonchev–Trinajstić information content (AvgIpc) is 2.81. The van der Waals surface area contributed by atoms with Crippen LogP contribution >= 0.6 is 23.2 Å². The number of aromatic nitrogens is 3. The molecule has 0 bridgehead atoms. The van der Waals surface area contributed by atoms with Crippen molar-refractivity contribution in [2.45, 2.75) is 25.7 Å². The Morgan fingerprint density at radius 1 is 0.970 bits per heavy atom. The molecule has 0 aliphatic heterocycles. The summed E-state index contributed by atoms with van der Waals surface area (Å²) < 4.78 is 6.75. The maximum absolute atomic E-state index is 12.6. The minimum Gasteiger partial charge on any atom is -0.479 e. The molecule has 7 nitrogen and oxygen atoms in total. The fourth-order valence-electron chi connectivity index (χ4n) is 3.35. The fraction of sp³-hybridized carbons (Fsp3) is 0.167. The highest BCUT2D eigenvalue weighted by Crippen LogP contribution is 2.22. The van der Waals surface area contributed by atoms with Crippen LogP contribution in [0.4, 0.5) is 0 Å². The van der Waals surface area contributed by atoms with Gasteiger partial charge in [-0.2, -0.15) is 0 Å². The van der Waals surface area contributed by atoms with Gasteiger partial charge in [0.25, 0.3) is 5.56 Å². The van der Waals surface area contributed by atoms with Gasteiger partial charge in [0.15, 0.2) is 6.10 Å². The van der Waals surface area contributed by atoms with Gasteiger partial charge in [0.1, 0.15) is 5.52 Å². The number of ether oxygens (including phenoxy) is 1. The van der Waals surface area contributed by atoms with Crippen molar-refractivity contribution in [3.05, 3.63) is 92.7 Å². The van der Waals surface area contributed by atoms with Gasteiger partial charge in [-0.3, -0.25) is 4.79 Å². The van der Waals surface area contributed by atoms with E-state index in [1.165, 1.54) is 0 Å². The summed E-state index contributed by atoms with van der Waals surface area (Å²) in [6, 6.07) is 19.9. The predicted molar refractivity (Wildman–Crippen MR) is 127 cm³/mol. The van der Waals surface area contributed by atoms with Crippen LogP contribution in [0.2, 0.25) is 10.0 Å². The van der Waals surface area contributed by atoms with E-state index in [0.717, 1.165) is 21.4 Å². The number of carbonyl (C=O) groups is 1. The van der Waals surface area contributed by atoms with E-state index in [9.17, 15) is 14.7 Å². The quantitative estimate of drug-likeness (QED) is 0.385. The van der Waals surface area contributed by atoms with E-state index in [0.29, 0.717) is 20.9 Å². The number of aryl methyl sites for hydroxylation is 1. The lowest BCUT2D eigenvalue weighted by Crippen LogP contribution is -2.30. The Balaban J connectivity index is 1.39. The van der Waals surface area contributed by atoms with Crippen molar-refractivity contribution < 1.29 is 14.6 Å². The van der Waals surface area contributed by atoms with E-state index >= 15 is 0 Å². The molecule has 4 rings (SSSR count). The van der Waals surface area contributed by atoms with Crippen LogP contribution in [0.3, 0.4) is 0 Å². The first kappa shape index (κ1) is 22.9. The van der Waals surface area contributed by atoms with Crippen molar-refractivity contribution in [2.75, 3.05) is 0 Å². The second kappa shape index (κ2) is 10.1. The predicted octanol–water partition coefficient (Wildman–Crippen LogP) is 4.83. The van der Waals surface area contributed by atoms with E-state index in [2.05, 4.69) is 10.3 Å². The Morgan fingerprint density at radius 3 is 2.27 bits per heavy atom. The Morgan fingerprint density at radius 2 is 1.61 bits per heavy atom. The Kier molecular flexibility index (Phi) is 7.03. The average molecular weight is 484 g/mol. The molecule has 9 heteroatoms. The molecule has 0 saturated heterocycles. The summed E-state index contributed by atoms with van der Waals surface area (Å²) >= 11 is 11.8. The smallest absolute Gasteiger partial charge is 0.332 e. The van der Waals surface area contributed by atoms with Gasteiger partial charge in [0.2, 0.25) is 0 Å². The van der Waals surface area contributed by atoms with Crippen molar-refractivity contribution in [1.82, 2.24) is 15.0 Å². The van der Waals surface area contributed by atoms with Gasteiger partial charge in [0, 0.05) is 23.0 Å². The third-order valence-corrected chi connectivity index (χ3v) is 5.63. The van der Waals surface area contributed by atoms with Crippen LogP contribution in [0.1, 0.15) is 12.0 Å². The molecule has 0 aliphatic carbocycles. The molecule has 0 spiro atoms. The second-order valence-electron chi connectivity index (χ2n) is 7.41. The topological polar surface area (TPSA) is 94.3 Å². The van der Waals surface area contributed by atoms with E-state index in [4.69, 9.17) is 27.9 Å². The number of benzene rings is 3. The third-order valence-electron chi connectivity index (χ3n) is 5.15. The fourth-order valence-corrected chi connectivity index (χ4v) is 3.64. The molecule has 0 saturated carbocycles. The SMILES string of the molecule is O=C(O)C(CCn1nnc2cc(Cl)ccc2c1=O)OCc1ccc(-c2ccc(Cl)cc2)cc1. The number of fused-ring (bicyclic) bond motifs is 1. The molecule has 1 aromatic heterocycles. The number of hydrogen-bond donors (Lipinski definition) is 1. The molecule has 1 N–H and O–H groups in total. The molecule has 1 unspecified atom stereocenters. The molecule has 0 radical (unpaired) electrons. The highest BCUT2D eigenvalue weighted by molar-refractivity contribution is 6.31. The molecule has 168 valence electrons. The van der Waals surface area contributed by atoms with Gasteiger partial charge in [-0.15, -0.1) is 5.10 Å². The van der Waals surface area contributed by atoms with Crippen LogP contribution in [0.5, 0.6) is 0 Å². The molecule has 4 aromatic rings. The monoisotopic (exact) mass is 483 g/mol. The second-order valence-corrected chi connectivity index (χ2v) is 8.28. The van der Waals surface area contributed by atoms with Crippen LogP contribution in [0.15, 0.2) is 71.5 Å². The van der Waals surface area contributed by atoms with E-state index < -0.39 is 12.1 Å². The van der Waals surface area contributed by atoms with E-state index in [-0.39, 0.29) is 25.1 Å². The van der Waals surface area contributed by atoms with Crippen LogP contribution in [0, 0.1) is 0 Å². The number of hydrogen-bond acceptors (Lipinski definition) is 5. The molecule has 33 heavy (non-hydrogen) atoms. The van der Waals surface area contributed by atoms with Crippen molar-refractivity contribution in [3.8, 4) is 11.1 Å². The maximum atomic E-state index is 12.6. The largest absolute Gasteiger partial charge is 0.479 e. The summed E-state index contributed by atoms with van der Waals surface area (Å²) in [5.41, 5.74) is 2.90. The molecule has 0 fully saturated rings. The number of rotatable bonds is 8. The van der Waals surface area contributed by atoms with Crippen LogP contribution in [0.25, 0.3) is 22.0 Å². The number of carboxylic acids is 1. The lowest BCUT2D eigenvalue weighted by molar-refractivity contribution is -0.151. The summed E-state index contributed by atoms with van der Waals surface area (Å²) in [5, 5.41) is 18.9. The van der Waals surface area contributed by atoms with Gasteiger partial charge in [0.05, 0.1) is 12.0 Å². The summed E-state index contributed by atoms with van der Waals surface area (Å²) in [4.78, 5) is 24.3. The van der Waals surface area contributed by atoms with Crippen LogP contribution in [-0.2, 0) is 22.7 Å². The van der Waals surface area contributed by atoms with Crippen LogP contribution in [-0.4, -0.2) is 32.2 Å². The zero-order valence-electron chi connectivity index (χ0n) is 17.3. The molecule has 0 aliphatic rings. The minimum absolute atomic E-state index is 0.0525. The number of halogens is 2. The zero-order valence-corrected chi connectivity index (χ0v) is 18.8. The Hall–Kier alpha value is -3.26. The maximum Gasteiger partial charge on any atom is 0.332 e. The first-order chi connectivity index (χ1) is 15.9. The van der Waals surface area contributed by atoms with Gasteiger partial charge in [-0.25, -0.2) is 9.48 Å². The summed E-state index contributed by atoms with van der Waals surface area (Å²) in [6.45, 7) is 0.172. The van der Waals surface area contributed by atoms with Crippen molar-refractivity contribution in [2.24, 2.45) is 0 Å². The summed E-state index contributed by atoms with van der Waals surface area (Å²) in [5.74, 6) is -1.11. The van der Waals surface area contributed by atoms with Crippen molar-refractivity contribution >= 4 is 40.1 Å². The number of aliphatic carboxylic acids is 1. The minimum atomic E-state index is -1.11. The molecule has 3 aromatic carbocycles. The molecular formula is C24H19Cl2N3O4. The lowest BCUT2D eigenvalue weighted by atomic mass is 10.0. The number of carboxylic acid groups (broad SMARTS) is 1. The van der Waals surface area contributed by atoms with Gasteiger partial charge < -0.3 is 9.84 Å². The number of nitrogens with zero attached hydrogens (tertiary/aromatic N) is 3. The highest BCUT2D eigenvalue weighted by atomic mass is 35.5. The molecular weight excluding hydrogens is 465 g/mol. The molecule has 0 amide bonds. The van der Waals surface area contributed by atoms with Crippen molar-refractivity contribution in [1.29, 1.82) is 0 Å². The molecule has 1 atom stereocenters. The molecule has 1 heterocycles. The van der Waals surface area contributed by atoms with E-state index in [1.807, 2.05) is 48.5 Å². The van der Waals surface area contributed by atoms with Crippen LogP contribution < -0.4 is 5.56 Å². The first-order valence-electron chi connectivity index (χ1n) is 10.1. The lowest BCUT2D eigenvalue weighted by Gasteiger charge is -2.14. The highest BCUT2D eigenvalue weighted by Gasteiger charge is 2.19. The van der Waals surface area contributed by atoms with Gasteiger partial charge >= 0.3 is 5.97 Å². The Labute approximate surface area is 199 Å². The van der Waals surface area contributed by atoms with Crippen molar-refractivity contribution in [3.63, 3.8) is 0 Å². The summed E-state index contributed by atoms with van der Waals surface area (Å²) in [6.07, 6.45) is -1.04. The normalized spacial score (nSPS) is 12.1. The third kappa shape index (κ3) is 5.57. The van der Waals surface area contributed by atoms with Gasteiger partial charge in [-0.1, -0.05) is 64.8 Å². The standard InChI is InChI=1S/C24H19Cl2N3O4/c25-18-7-5-17(6-8-18)16-3-1-15(2-4-16)14-33-22(24(31)32)11-12-29-23(30)20-10-9-19(26)13-21(20)27-28-29/h1-10,13,22H,11-12,14H2,(H,31,32).